The highest BCUT2D eigenvalue weighted by molar-refractivity contribution is 5.94. The zero-order valence-corrected chi connectivity index (χ0v) is 14.7. The Kier molecular flexibility index (Phi) is 4.69. The number of hydrogen-bond acceptors (Lipinski definition) is 2. The molecule has 4 rings (SSSR count). The molecule has 3 heteroatoms. The molecule has 3 aromatic rings. The highest BCUT2D eigenvalue weighted by Crippen LogP contribution is 2.28. The molecular formula is C23H22N2O. The number of rotatable bonds is 5. The standard InChI is InChI=1S/C23H22N2O/c26-23(24-16-18-6-2-1-3-7-18)21-12-10-19(11-13-21)17-25-15-14-20-8-4-5-9-22(20)25/h1-13H,14-17H2,(H,24,26). The third kappa shape index (κ3) is 3.62. The average molecular weight is 342 g/mol. The molecule has 1 aliphatic rings. The molecular weight excluding hydrogens is 320 g/mol. The van der Waals surface area contributed by atoms with Gasteiger partial charge in [-0.3, -0.25) is 4.79 Å². The summed E-state index contributed by atoms with van der Waals surface area (Å²) in [6.07, 6.45) is 1.11. The molecule has 1 heterocycles. The summed E-state index contributed by atoms with van der Waals surface area (Å²) in [6, 6.07) is 26.5. The van der Waals surface area contributed by atoms with Crippen LogP contribution in [-0.4, -0.2) is 12.5 Å². The molecule has 1 aliphatic heterocycles. The summed E-state index contributed by atoms with van der Waals surface area (Å²) >= 11 is 0. The molecule has 0 fully saturated rings. The third-order valence-corrected chi connectivity index (χ3v) is 4.87. The molecule has 3 nitrogen and oxygen atoms in total. The number of carbonyl (C=O) groups is 1. The molecule has 0 aromatic heterocycles. The van der Waals surface area contributed by atoms with Crippen LogP contribution in [0.15, 0.2) is 78.9 Å². The van der Waals surface area contributed by atoms with Gasteiger partial charge >= 0.3 is 0 Å². The third-order valence-electron chi connectivity index (χ3n) is 4.87. The fraction of sp³-hybridized carbons (Fsp3) is 0.174. The van der Waals surface area contributed by atoms with E-state index in [-0.39, 0.29) is 5.91 Å². The molecule has 0 bridgehead atoms. The van der Waals surface area contributed by atoms with Crippen molar-refractivity contribution in [3.8, 4) is 0 Å². The van der Waals surface area contributed by atoms with Crippen LogP contribution in [0.2, 0.25) is 0 Å². The number of para-hydroxylation sites is 1. The summed E-state index contributed by atoms with van der Waals surface area (Å²) < 4.78 is 0. The Labute approximate surface area is 154 Å². The van der Waals surface area contributed by atoms with Gasteiger partial charge in [0.2, 0.25) is 0 Å². The minimum Gasteiger partial charge on any atom is -0.367 e. The van der Waals surface area contributed by atoms with E-state index in [1.807, 2.05) is 42.5 Å². The molecule has 0 atom stereocenters. The number of nitrogens with zero attached hydrogens (tertiary/aromatic N) is 1. The molecule has 0 radical (unpaired) electrons. The Balaban J connectivity index is 1.37. The van der Waals surface area contributed by atoms with Crippen molar-refractivity contribution in [3.05, 3.63) is 101 Å². The monoisotopic (exact) mass is 342 g/mol. The number of benzene rings is 3. The van der Waals surface area contributed by atoms with E-state index < -0.39 is 0 Å². The van der Waals surface area contributed by atoms with E-state index in [2.05, 4.69) is 46.6 Å². The van der Waals surface area contributed by atoms with Crippen molar-refractivity contribution in [1.29, 1.82) is 0 Å². The van der Waals surface area contributed by atoms with E-state index in [1.54, 1.807) is 0 Å². The van der Waals surface area contributed by atoms with E-state index in [0.717, 1.165) is 25.1 Å². The van der Waals surface area contributed by atoms with Crippen molar-refractivity contribution in [3.63, 3.8) is 0 Å². The van der Waals surface area contributed by atoms with Crippen LogP contribution in [0.3, 0.4) is 0 Å². The second-order valence-electron chi connectivity index (χ2n) is 6.67. The van der Waals surface area contributed by atoms with Gasteiger partial charge in [-0.2, -0.15) is 0 Å². The van der Waals surface area contributed by atoms with Crippen molar-refractivity contribution < 1.29 is 4.79 Å². The van der Waals surface area contributed by atoms with Gasteiger partial charge in [0, 0.05) is 30.9 Å². The average Bonchev–Trinajstić information content (AvgIpc) is 3.10. The molecule has 0 aliphatic carbocycles. The van der Waals surface area contributed by atoms with Crippen molar-refractivity contribution in [2.75, 3.05) is 11.4 Å². The second-order valence-corrected chi connectivity index (χ2v) is 6.67. The minimum absolute atomic E-state index is 0.0353. The SMILES string of the molecule is O=C(NCc1ccccc1)c1ccc(CN2CCc3ccccc32)cc1. The molecule has 0 unspecified atom stereocenters. The Morgan fingerprint density at radius 1 is 0.846 bits per heavy atom. The molecule has 0 spiro atoms. The molecule has 26 heavy (non-hydrogen) atoms. The van der Waals surface area contributed by atoms with Crippen molar-refractivity contribution in [2.45, 2.75) is 19.5 Å². The van der Waals surface area contributed by atoms with Crippen LogP contribution in [0.1, 0.15) is 27.0 Å². The summed E-state index contributed by atoms with van der Waals surface area (Å²) in [5.74, 6) is -0.0353. The van der Waals surface area contributed by atoms with Gasteiger partial charge < -0.3 is 10.2 Å². The summed E-state index contributed by atoms with van der Waals surface area (Å²) in [5.41, 5.74) is 5.78. The van der Waals surface area contributed by atoms with Crippen molar-refractivity contribution >= 4 is 11.6 Å². The highest BCUT2D eigenvalue weighted by Gasteiger charge is 2.18. The van der Waals surface area contributed by atoms with Gasteiger partial charge in [-0.15, -0.1) is 0 Å². The zero-order valence-electron chi connectivity index (χ0n) is 14.7. The smallest absolute Gasteiger partial charge is 0.251 e. The van der Waals surface area contributed by atoms with Gasteiger partial charge in [0.25, 0.3) is 5.91 Å². The van der Waals surface area contributed by atoms with Gasteiger partial charge in [-0.25, -0.2) is 0 Å². The maximum atomic E-state index is 12.3. The first-order valence-electron chi connectivity index (χ1n) is 9.03. The van der Waals surface area contributed by atoms with Gasteiger partial charge in [-0.1, -0.05) is 60.7 Å². The van der Waals surface area contributed by atoms with Gasteiger partial charge in [0.15, 0.2) is 0 Å². The van der Waals surface area contributed by atoms with E-state index in [1.165, 1.54) is 16.8 Å². The normalized spacial score (nSPS) is 12.7. The van der Waals surface area contributed by atoms with Gasteiger partial charge in [-0.05, 0) is 41.3 Å². The number of hydrogen-bond donors (Lipinski definition) is 1. The van der Waals surface area contributed by atoms with Crippen LogP contribution in [0.25, 0.3) is 0 Å². The highest BCUT2D eigenvalue weighted by atomic mass is 16.1. The Bertz CT molecular complexity index is 888. The van der Waals surface area contributed by atoms with Crippen molar-refractivity contribution in [1.82, 2.24) is 5.32 Å². The molecule has 0 saturated heterocycles. The quantitative estimate of drug-likeness (QED) is 0.754. The Morgan fingerprint density at radius 3 is 2.38 bits per heavy atom. The predicted octanol–water partition coefficient (Wildman–Crippen LogP) is 4.18. The number of anilines is 1. The molecule has 0 saturated carbocycles. The zero-order chi connectivity index (χ0) is 17.8. The van der Waals surface area contributed by atoms with Crippen LogP contribution in [-0.2, 0) is 19.5 Å². The lowest BCUT2D eigenvalue weighted by molar-refractivity contribution is 0.0951. The fourth-order valence-corrected chi connectivity index (χ4v) is 3.43. The summed E-state index contributed by atoms with van der Waals surface area (Å²) in [6.45, 7) is 2.48. The van der Waals surface area contributed by atoms with Crippen molar-refractivity contribution in [2.24, 2.45) is 0 Å². The molecule has 130 valence electrons. The largest absolute Gasteiger partial charge is 0.367 e. The first kappa shape index (κ1) is 16.4. The number of nitrogens with one attached hydrogen (secondary N) is 1. The van der Waals surface area contributed by atoms with Crippen LogP contribution < -0.4 is 10.2 Å². The van der Waals surface area contributed by atoms with Crippen LogP contribution >= 0.6 is 0 Å². The lowest BCUT2D eigenvalue weighted by Gasteiger charge is -2.19. The first-order chi connectivity index (χ1) is 12.8. The van der Waals surface area contributed by atoms with Crippen LogP contribution in [0.5, 0.6) is 0 Å². The second kappa shape index (κ2) is 7.44. The predicted molar refractivity (Wildman–Crippen MR) is 105 cm³/mol. The van der Waals surface area contributed by atoms with E-state index in [0.29, 0.717) is 12.1 Å². The minimum atomic E-state index is -0.0353. The molecule has 1 N–H and O–H groups in total. The Hall–Kier alpha value is -3.07. The number of fused-ring (bicyclic) bond motifs is 1. The fourth-order valence-electron chi connectivity index (χ4n) is 3.43. The van der Waals surface area contributed by atoms with Gasteiger partial charge in [0.05, 0.1) is 0 Å². The topological polar surface area (TPSA) is 32.3 Å². The van der Waals surface area contributed by atoms with Gasteiger partial charge in [0.1, 0.15) is 0 Å². The maximum Gasteiger partial charge on any atom is 0.251 e. The summed E-state index contributed by atoms with van der Waals surface area (Å²) in [7, 11) is 0. The maximum absolute atomic E-state index is 12.3. The van der Waals surface area contributed by atoms with Crippen LogP contribution in [0.4, 0.5) is 5.69 Å². The lowest BCUT2D eigenvalue weighted by atomic mass is 10.1. The molecule has 3 aromatic carbocycles. The van der Waals surface area contributed by atoms with Crippen LogP contribution in [0, 0.1) is 0 Å². The number of amides is 1. The Morgan fingerprint density at radius 2 is 1.58 bits per heavy atom. The lowest BCUT2D eigenvalue weighted by Crippen LogP contribution is -2.23. The number of carbonyl (C=O) groups excluding carboxylic acids is 1. The van der Waals surface area contributed by atoms with E-state index in [4.69, 9.17) is 0 Å². The first-order valence-corrected chi connectivity index (χ1v) is 9.03. The summed E-state index contributed by atoms with van der Waals surface area (Å²) in [5, 5.41) is 2.97. The summed E-state index contributed by atoms with van der Waals surface area (Å²) in [4.78, 5) is 14.7. The van der Waals surface area contributed by atoms with E-state index >= 15 is 0 Å². The van der Waals surface area contributed by atoms with E-state index in [9.17, 15) is 4.79 Å². The molecule has 1 amide bonds.